The van der Waals surface area contributed by atoms with Gasteiger partial charge in [0.05, 0.1) is 5.92 Å². The highest BCUT2D eigenvalue weighted by Crippen LogP contribution is 2.56. The molecule has 1 fully saturated rings. The molecule has 1 saturated carbocycles. The summed E-state index contributed by atoms with van der Waals surface area (Å²) in [6.45, 7) is 3.59. The lowest BCUT2D eigenvalue weighted by Gasteiger charge is -1.94. The van der Waals surface area contributed by atoms with Gasteiger partial charge in [-0.15, -0.1) is 0 Å². The van der Waals surface area contributed by atoms with Crippen LogP contribution in [0.2, 0.25) is 0 Å². The zero-order valence-corrected chi connectivity index (χ0v) is 6.00. The highest BCUT2D eigenvalue weighted by atomic mass is 16.4. The molecule has 0 aromatic carbocycles. The molecule has 1 aliphatic carbocycles. The van der Waals surface area contributed by atoms with E-state index < -0.39 is 11.9 Å². The van der Waals surface area contributed by atoms with E-state index in [4.69, 9.17) is 5.11 Å². The van der Waals surface area contributed by atoms with Crippen LogP contribution in [-0.2, 0) is 9.59 Å². The molecule has 1 aliphatic rings. The Morgan fingerprint density at radius 2 is 2.10 bits per heavy atom. The Hall–Kier alpha value is -0.860. The fraction of sp³-hybridized carbons (Fsp3) is 0.714. The molecule has 0 aromatic heterocycles. The van der Waals surface area contributed by atoms with Crippen molar-refractivity contribution in [1.82, 2.24) is 0 Å². The topological polar surface area (TPSA) is 54.4 Å². The largest absolute Gasteiger partial charge is 0.481 e. The van der Waals surface area contributed by atoms with Crippen LogP contribution in [0.5, 0.6) is 0 Å². The lowest BCUT2D eigenvalue weighted by atomic mass is 10.1. The fourth-order valence-corrected chi connectivity index (χ4v) is 1.40. The van der Waals surface area contributed by atoms with E-state index >= 15 is 0 Å². The second kappa shape index (κ2) is 1.81. The summed E-state index contributed by atoms with van der Waals surface area (Å²) in [5, 5.41) is 8.53. The zero-order valence-electron chi connectivity index (χ0n) is 6.00. The van der Waals surface area contributed by atoms with Gasteiger partial charge in [0.2, 0.25) is 0 Å². The Balaban J connectivity index is 2.70. The van der Waals surface area contributed by atoms with Crippen molar-refractivity contribution in [1.29, 1.82) is 0 Å². The first kappa shape index (κ1) is 7.25. The minimum atomic E-state index is -0.859. The first-order valence-electron chi connectivity index (χ1n) is 3.20. The van der Waals surface area contributed by atoms with Gasteiger partial charge in [0.1, 0.15) is 6.29 Å². The van der Waals surface area contributed by atoms with Crippen LogP contribution in [-0.4, -0.2) is 17.4 Å². The number of carbonyl (C=O) groups is 2. The van der Waals surface area contributed by atoms with Crippen molar-refractivity contribution in [3.05, 3.63) is 0 Å². The highest BCUT2D eigenvalue weighted by Gasteiger charge is 2.62. The van der Waals surface area contributed by atoms with E-state index in [0.29, 0.717) is 0 Å². The standard InChI is InChI=1S/C7H10O3/c1-7(2)4(3-8)5(7)6(9)10/h3-5H,1-2H3,(H,9,10)/t4-,5+/m0/s1. The molecule has 0 aliphatic heterocycles. The molecule has 1 N–H and O–H groups in total. The van der Waals surface area contributed by atoms with E-state index in [1.54, 1.807) is 13.8 Å². The lowest BCUT2D eigenvalue weighted by molar-refractivity contribution is -0.139. The predicted octanol–water partition coefficient (Wildman–Crippen LogP) is 0.542. The van der Waals surface area contributed by atoms with Gasteiger partial charge in [0, 0.05) is 5.92 Å². The van der Waals surface area contributed by atoms with Crippen molar-refractivity contribution in [2.75, 3.05) is 0 Å². The third-order valence-electron chi connectivity index (χ3n) is 2.32. The first-order valence-corrected chi connectivity index (χ1v) is 3.20. The van der Waals surface area contributed by atoms with Crippen molar-refractivity contribution in [3.8, 4) is 0 Å². The average molecular weight is 142 g/mol. The Bertz CT molecular complexity index is 183. The summed E-state index contributed by atoms with van der Waals surface area (Å²) in [6.07, 6.45) is 0.735. The normalized spacial score (nSPS) is 35.0. The highest BCUT2D eigenvalue weighted by molar-refractivity contribution is 5.82. The van der Waals surface area contributed by atoms with E-state index in [-0.39, 0.29) is 11.3 Å². The molecular weight excluding hydrogens is 132 g/mol. The second-order valence-corrected chi connectivity index (χ2v) is 3.30. The van der Waals surface area contributed by atoms with Crippen molar-refractivity contribution < 1.29 is 14.7 Å². The van der Waals surface area contributed by atoms with Gasteiger partial charge >= 0.3 is 5.97 Å². The molecule has 3 nitrogen and oxygen atoms in total. The number of hydrogen-bond donors (Lipinski definition) is 1. The van der Waals surface area contributed by atoms with Gasteiger partial charge in [-0.2, -0.15) is 0 Å². The van der Waals surface area contributed by atoms with Gasteiger partial charge in [-0.05, 0) is 5.41 Å². The number of rotatable bonds is 2. The smallest absolute Gasteiger partial charge is 0.307 e. The van der Waals surface area contributed by atoms with Gasteiger partial charge in [-0.3, -0.25) is 4.79 Å². The van der Waals surface area contributed by atoms with Gasteiger partial charge in [0.15, 0.2) is 0 Å². The van der Waals surface area contributed by atoms with Crippen LogP contribution in [0.1, 0.15) is 13.8 Å². The molecule has 56 valence electrons. The summed E-state index contributed by atoms with van der Waals surface area (Å²) in [5.74, 6) is -1.59. The minimum Gasteiger partial charge on any atom is -0.481 e. The number of carboxylic acids is 1. The molecule has 1 rings (SSSR count). The van der Waals surface area contributed by atoms with Crippen LogP contribution in [0.15, 0.2) is 0 Å². The van der Waals surface area contributed by atoms with Gasteiger partial charge < -0.3 is 9.90 Å². The third-order valence-corrected chi connectivity index (χ3v) is 2.32. The molecule has 0 aromatic rings. The van der Waals surface area contributed by atoms with Crippen LogP contribution >= 0.6 is 0 Å². The van der Waals surface area contributed by atoms with E-state index in [1.165, 1.54) is 0 Å². The molecule has 0 unspecified atom stereocenters. The van der Waals surface area contributed by atoms with E-state index in [1.807, 2.05) is 0 Å². The Kier molecular flexibility index (Phi) is 1.31. The van der Waals surface area contributed by atoms with Crippen molar-refractivity contribution in [3.63, 3.8) is 0 Å². The molecule has 0 radical (unpaired) electrons. The van der Waals surface area contributed by atoms with E-state index in [9.17, 15) is 9.59 Å². The predicted molar refractivity (Wildman–Crippen MR) is 34.5 cm³/mol. The SMILES string of the molecule is CC1(C)[C@@H](C=O)[C@@H]1C(=O)O. The van der Waals surface area contributed by atoms with Crippen LogP contribution in [0, 0.1) is 17.3 Å². The van der Waals surface area contributed by atoms with Gasteiger partial charge in [0.25, 0.3) is 0 Å². The van der Waals surface area contributed by atoms with Crippen molar-refractivity contribution in [2.24, 2.45) is 17.3 Å². The summed E-state index contributed by atoms with van der Waals surface area (Å²) in [4.78, 5) is 20.6. The molecule has 10 heavy (non-hydrogen) atoms. The quantitative estimate of drug-likeness (QED) is 0.572. The number of aldehydes is 1. The second-order valence-electron chi connectivity index (χ2n) is 3.30. The molecular formula is C7H10O3. The van der Waals surface area contributed by atoms with Crippen LogP contribution in [0.25, 0.3) is 0 Å². The lowest BCUT2D eigenvalue weighted by Crippen LogP contribution is -2.03. The van der Waals surface area contributed by atoms with Crippen molar-refractivity contribution in [2.45, 2.75) is 13.8 Å². The summed E-state index contributed by atoms with van der Waals surface area (Å²) < 4.78 is 0. The Morgan fingerprint density at radius 3 is 2.20 bits per heavy atom. The Labute approximate surface area is 59.0 Å². The number of hydrogen-bond acceptors (Lipinski definition) is 2. The van der Waals surface area contributed by atoms with Crippen molar-refractivity contribution >= 4 is 12.3 Å². The molecule has 0 saturated heterocycles. The van der Waals surface area contributed by atoms with Crippen LogP contribution < -0.4 is 0 Å². The van der Waals surface area contributed by atoms with Gasteiger partial charge in [-0.25, -0.2) is 0 Å². The van der Waals surface area contributed by atoms with Crippen LogP contribution in [0.4, 0.5) is 0 Å². The summed E-state index contributed by atoms with van der Waals surface area (Å²) >= 11 is 0. The number of carboxylic acid groups (broad SMARTS) is 1. The minimum absolute atomic E-state index is 0.273. The zero-order chi connectivity index (χ0) is 7.94. The number of aliphatic carboxylic acids is 1. The summed E-state index contributed by atoms with van der Waals surface area (Å²) in [6, 6.07) is 0. The molecule has 0 spiro atoms. The fourth-order valence-electron chi connectivity index (χ4n) is 1.40. The molecule has 3 heteroatoms. The molecule has 0 heterocycles. The molecule has 0 amide bonds. The van der Waals surface area contributed by atoms with E-state index in [2.05, 4.69) is 0 Å². The maximum Gasteiger partial charge on any atom is 0.307 e. The maximum absolute atomic E-state index is 10.4. The summed E-state index contributed by atoms with van der Waals surface area (Å²) in [7, 11) is 0. The van der Waals surface area contributed by atoms with E-state index in [0.717, 1.165) is 6.29 Å². The molecule has 2 atom stereocenters. The average Bonchev–Trinajstić information content (AvgIpc) is 2.33. The van der Waals surface area contributed by atoms with Gasteiger partial charge in [-0.1, -0.05) is 13.8 Å². The third kappa shape index (κ3) is 0.735. The molecule has 0 bridgehead atoms. The summed E-state index contributed by atoms with van der Waals surface area (Å²) in [5.41, 5.74) is -0.312. The first-order chi connectivity index (χ1) is 4.51. The maximum atomic E-state index is 10.4. The Morgan fingerprint density at radius 1 is 1.60 bits per heavy atom. The number of carbonyl (C=O) groups excluding carboxylic acids is 1. The monoisotopic (exact) mass is 142 g/mol. The van der Waals surface area contributed by atoms with Crippen LogP contribution in [0.3, 0.4) is 0 Å².